The first-order chi connectivity index (χ1) is 14.9. The lowest BCUT2D eigenvalue weighted by molar-refractivity contribution is 0.402. The molecule has 2 unspecified atom stereocenters. The van der Waals surface area contributed by atoms with Crippen LogP contribution in [0.4, 0.5) is 10.1 Å². The van der Waals surface area contributed by atoms with E-state index in [0.717, 1.165) is 5.56 Å². The van der Waals surface area contributed by atoms with Crippen LogP contribution in [0.25, 0.3) is 0 Å². The molecule has 0 aromatic heterocycles. The fourth-order valence-electron chi connectivity index (χ4n) is 4.13. The Hall–Kier alpha value is -3.06. The Morgan fingerprint density at radius 2 is 1.74 bits per heavy atom. The van der Waals surface area contributed by atoms with Crippen LogP contribution in [0, 0.1) is 5.82 Å². The van der Waals surface area contributed by atoms with E-state index in [1.807, 2.05) is 6.07 Å². The highest BCUT2D eigenvalue weighted by Crippen LogP contribution is 2.49. The van der Waals surface area contributed by atoms with E-state index in [9.17, 15) is 17.9 Å². The molecule has 3 aromatic carbocycles. The number of benzene rings is 3. The summed E-state index contributed by atoms with van der Waals surface area (Å²) in [6, 6.07) is 19.6. The van der Waals surface area contributed by atoms with Crippen molar-refractivity contribution in [3.63, 3.8) is 0 Å². The normalized spacial score (nSPS) is 19.6. The van der Waals surface area contributed by atoms with Crippen LogP contribution >= 0.6 is 0 Å². The van der Waals surface area contributed by atoms with Crippen molar-refractivity contribution in [2.24, 2.45) is 0 Å². The van der Waals surface area contributed by atoms with Gasteiger partial charge in [0.2, 0.25) is 10.0 Å². The number of methoxy groups -OCH3 is 1. The van der Waals surface area contributed by atoms with Crippen LogP contribution in [-0.4, -0.2) is 25.9 Å². The number of phenols is 1. The zero-order valence-electron chi connectivity index (χ0n) is 17.1. The first kappa shape index (κ1) is 21.2. The van der Waals surface area contributed by atoms with Gasteiger partial charge < -0.3 is 9.84 Å². The first-order valence-electron chi connectivity index (χ1n) is 10.1. The van der Waals surface area contributed by atoms with Gasteiger partial charge in [-0.3, -0.25) is 4.31 Å². The number of rotatable bonds is 7. The maximum atomic E-state index is 13.2. The van der Waals surface area contributed by atoms with Crippen molar-refractivity contribution in [3.8, 4) is 11.5 Å². The lowest BCUT2D eigenvalue weighted by Crippen LogP contribution is -2.58. The summed E-state index contributed by atoms with van der Waals surface area (Å²) < 4.78 is 46.1. The smallest absolute Gasteiger partial charge is 0.241 e. The maximum absolute atomic E-state index is 13.2. The van der Waals surface area contributed by atoms with E-state index < -0.39 is 21.3 Å². The third kappa shape index (κ3) is 4.10. The van der Waals surface area contributed by atoms with E-state index in [1.54, 1.807) is 48.5 Å². The van der Waals surface area contributed by atoms with Crippen molar-refractivity contribution in [2.45, 2.75) is 30.6 Å². The van der Waals surface area contributed by atoms with Crippen LogP contribution in [0.2, 0.25) is 0 Å². The van der Waals surface area contributed by atoms with E-state index in [0.29, 0.717) is 36.3 Å². The largest absolute Gasteiger partial charge is 0.507 e. The molecule has 4 rings (SSSR count). The van der Waals surface area contributed by atoms with Gasteiger partial charge in [0, 0.05) is 11.6 Å². The standard InChI is InChI=1S/C24H24FNO4S/c1-30-20-14-15-21(22(27)16-20)24-23(9-5-6-17-10-12-18(25)13-11-17)31(28,29)26(24)19-7-3-2-4-8-19/h2-4,7-8,10-16,23-24,27H,5-6,9H2,1H3. The molecular formula is C24H24FNO4S. The Bertz CT molecular complexity index is 1150. The van der Waals surface area contributed by atoms with Gasteiger partial charge >= 0.3 is 0 Å². The predicted molar refractivity (Wildman–Crippen MR) is 118 cm³/mol. The van der Waals surface area contributed by atoms with Crippen LogP contribution < -0.4 is 9.04 Å². The SMILES string of the molecule is COc1ccc(C2C(CCCc3ccc(F)cc3)S(=O)(=O)N2c2ccccc2)c(O)c1. The molecule has 2 atom stereocenters. The van der Waals surface area contributed by atoms with Gasteiger partial charge in [0.25, 0.3) is 0 Å². The lowest BCUT2D eigenvalue weighted by atomic mass is 9.96. The van der Waals surface area contributed by atoms with Crippen molar-refractivity contribution >= 4 is 15.7 Å². The van der Waals surface area contributed by atoms with Crippen molar-refractivity contribution in [1.29, 1.82) is 0 Å². The van der Waals surface area contributed by atoms with Crippen LogP contribution in [0.15, 0.2) is 72.8 Å². The van der Waals surface area contributed by atoms with Gasteiger partial charge in [-0.2, -0.15) is 0 Å². The van der Waals surface area contributed by atoms with Crippen LogP contribution in [0.1, 0.15) is 30.0 Å². The first-order valence-corrected chi connectivity index (χ1v) is 11.6. The summed E-state index contributed by atoms with van der Waals surface area (Å²) in [7, 11) is -2.07. The van der Waals surface area contributed by atoms with E-state index in [-0.39, 0.29) is 11.6 Å². The Morgan fingerprint density at radius 1 is 1.03 bits per heavy atom. The van der Waals surface area contributed by atoms with Gasteiger partial charge in [-0.05, 0) is 61.2 Å². The Labute approximate surface area is 181 Å². The molecule has 0 amide bonds. The van der Waals surface area contributed by atoms with Crippen LogP contribution in [0.5, 0.6) is 11.5 Å². The molecule has 0 saturated carbocycles. The van der Waals surface area contributed by atoms with Crippen molar-refractivity contribution < 1.29 is 22.7 Å². The summed E-state index contributed by atoms with van der Waals surface area (Å²) in [4.78, 5) is 0. The second kappa shape index (κ2) is 8.59. The zero-order chi connectivity index (χ0) is 22.0. The molecule has 0 aliphatic carbocycles. The third-order valence-corrected chi connectivity index (χ3v) is 7.94. The van der Waals surface area contributed by atoms with Gasteiger partial charge in [0.15, 0.2) is 0 Å². The molecule has 0 bridgehead atoms. The second-order valence-corrected chi connectivity index (χ2v) is 9.63. The quantitative estimate of drug-likeness (QED) is 0.571. The minimum atomic E-state index is -3.58. The van der Waals surface area contributed by atoms with Gasteiger partial charge in [-0.15, -0.1) is 0 Å². The summed E-state index contributed by atoms with van der Waals surface area (Å²) in [6.07, 6.45) is 1.71. The molecule has 0 radical (unpaired) electrons. The van der Waals surface area contributed by atoms with Gasteiger partial charge in [0.1, 0.15) is 22.6 Å². The Kier molecular flexibility index (Phi) is 5.87. The molecule has 1 aliphatic heterocycles. The van der Waals surface area contributed by atoms with Crippen molar-refractivity contribution in [2.75, 3.05) is 11.4 Å². The number of para-hydroxylation sites is 1. The highest BCUT2D eigenvalue weighted by molar-refractivity contribution is 7.95. The lowest BCUT2D eigenvalue weighted by Gasteiger charge is -2.48. The maximum Gasteiger partial charge on any atom is 0.241 e. The summed E-state index contributed by atoms with van der Waals surface area (Å²) >= 11 is 0. The molecule has 31 heavy (non-hydrogen) atoms. The van der Waals surface area contributed by atoms with Crippen LogP contribution in [-0.2, 0) is 16.4 Å². The number of hydrogen-bond donors (Lipinski definition) is 1. The molecule has 1 saturated heterocycles. The molecule has 3 aromatic rings. The fraction of sp³-hybridized carbons (Fsp3) is 0.250. The third-order valence-electron chi connectivity index (χ3n) is 5.70. The van der Waals surface area contributed by atoms with E-state index in [4.69, 9.17) is 4.74 Å². The number of nitrogens with zero attached hydrogens (tertiary/aromatic N) is 1. The number of phenolic OH excluding ortho intramolecular Hbond substituents is 1. The monoisotopic (exact) mass is 441 g/mol. The number of hydrogen-bond acceptors (Lipinski definition) is 4. The summed E-state index contributed by atoms with van der Waals surface area (Å²) in [5.41, 5.74) is 2.07. The minimum Gasteiger partial charge on any atom is -0.507 e. The van der Waals surface area contributed by atoms with E-state index in [1.165, 1.54) is 29.6 Å². The number of aryl methyl sites for hydroxylation is 1. The molecular weight excluding hydrogens is 417 g/mol. The highest BCUT2D eigenvalue weighted by Gasteiger charge is 2.54. The highest BCUT2D eigenvalue weighted by atomic mass is 32.2. The second-order valence-electron chi connectivity index (χ2n) is 7.60. The van der Waals surface area contributed by atoms with E-state index in [2.05, 4.69) is 0 Å². The van der Waals surface area contributed by atoms with Gasteiger partial charge in [-0.25, -0.2) is 12.8 Å². The molecule has 7 heteroatoms. The molecule has 1 fully saturated rings. The number of ether oxygens (including phenoxy) is 1. The van der Waals surface area contributed by atoms with Crippen molar-refractivity contribution in [1.82, 2.24) is 0 Å². The molecule has 0 spiro atoms. The van der Waals surface area contributed by atoms with Gasteiger partial charge in [-0.1, -0.05) is 30.3 Å². The summed E-state index contributed by atoms with van der Waals surface area (Å²) in [6.45, 7) is 0. The molecule has 1 aliphatic rings. The van der Waals surface area contributed by atoms with Gasteiger partial charge in [0.05, 0.1) is 18.8 Å². The molecule has 1 N–H and O–H groups in total. The zero-order valence-corrected chi connectivity index (χ0v) is 17.9. The summed E-state index contributed by atoms with van der Waals surface area (Å²) in [5.74, 6) is 0.213. The number of halogens is 1. The Balaban J connectivity index is 1.61. The Morgan fingerprint density at radius 3 is 2.39 bits per heavy atom. The predicted octanol–water partition coefficient (Wildman–Crippen LogP) is 4.82. The topological polar surface area (TPSA) is 66.8 Å². The minimum absolute atomic E-state index is 0.00344. The van der Waals surface area contributed by atoms with Crippen LogP contribution in [0.3, 0.4) is 0 Å². The molecule has 1 heterocycles. The number of anilines is 1. The van der Waals surface area contributed by atoms with E-state index >= 15 is 0 Å². The molecule has 5 nitrogen and oxygen atoms in total. The summed E-state index contributed by atoms with van der Waals surface area (Å²) in [5, 5.41) is 9.94. The van der Waals surface area contributed by atoms with Crippen molar-refractivity contribution in [3.05, 3.63) is 89.7 Å². The number of aromatic hydroxyl groups is 1. The number of sulfonamides is 1. The average Bonchev–Trinajstić information content (AvgIpc) is 2.77. The fourth-order valence-corrected chi connectivity index (χ4v) is 6.28. The molecule has 162 valence electrons. The average molecular weight is 442 g/mol.